The summed E-state index contributed by atoms with van der Waals surface area (Å²) in [5.41, 5.74) is 0. The lowest BCUT2D eigenvalue weighted by Gasteiger charge is -2.20. The van der Waals surface area contributed by atoms with Gasteiger partial charge in [0.25, 0.3) is 0 Å². The van der Waals surface area contributed by atoms with Gasteiger partial charge in [-0.15, -0.1) is 0 Å². The van der Waals surface area contributed by atoms with E-state index in [2.05, 4.69) is 0 Å². The summed E-state index contributed by atoms with van der Waals surface area (Å²) in [7, 11) is -1.45. The minimum Gasteiger partial charge on any atom is -0.493 e. The Morgan fingerprint density at radius 3 is 2.68 bits per heavy atom. The third-order valence-corrected chi connectivity index (χ3v) is 5.24. The Balaban J connectivity index is 2.44. The van der Waals surface area contributed by atoms with Gasteiger partial charge in [-0.25, -0.2) is 8.42 Å². The fraction of sp³-hybridized carbons (Fsp3) is 0.533. The van der Waals surface area contributed by atoms with Gasteiger partial charge in [-0.05, 0) is 37.8 Å². The molecule has 0 heterocycles. The van der Waals surface area contributed by atoms with E-state index in [1.165, 1.54) is 24.1 Å². The molecule has 0 aliphatic heterocycles. The van der Waals surface area contributed by atoms with Crippen LogP contribution in [-0.4, -0.2) is 57.2 Å². The molecule has 0 spiro atoms. The van der Waals surface area contributed by atoms with Crippen molar-refractivity contribution in [2.75, 3.05) is 32.7 Å². The Morgan fingerprint density at radius 2 is 2.09 bits per heavy atom. The first-order chi connectivity index (χ1) is 10.3. The second-order valence-electron chi connectivity index (χ2n) is 5.09. The molecule has 0 N–H and O–H groups in total. The number of thioether (sulfide) groups is 1. The maximum atomic E-state index is 11.9. The fourth-order valence-corrected chi connectivity index (χ4v) is 2.85. The maximum Gasteiger partial charge on any atom is 0.235 e. The molecule has 0 aromatic heterocycles. The third kappa shape index (κ3) is 5.88. The van der Waals surface area contributed by atoms with Crippen LogP contribution in [-0.2, 0) is 14.6 Å². The largest absolute Gasteiger partial charge is 0.493 e. The van der Waals surface area contributed by atoms with E-state index in [0.717, 1.165) is 0 Å². The molecule has 0 saturated carbocycles. The molecule has 1 rings (SSSR count). The highest BCUT2D eigenvalue weighted by Gasteiger charge is 2.15. The van der Waals surface area contributed by atoms with Crippen molar-refractivity contribution in [2.45, 2.75) is 23.5 Å². The second-order valence-corrected chi connectivity index (χ2v) is 8.28. The van der Waals surface area contributed by atoms with Crippen LogP contribution in [0.15, 0.2) is 29.2 Å². The molecule has 0 aliphatic rings. The molecule has 0 radical (unpaired) electrons. The molecular weight excluding hydrogens is 322 g/mol. The number of amides is 1. The minimum atomic E-state index is -3.23. The van der Waals surface area contributed by atoms with Gasteiger partial charge in [0, 0.05) is 19.8 Å². The van der Waals surface area contributed by atoms with Crippen molar-refractivity contribution < 1.29 is 17.9 Å². The van der Waals surface area contributed by atoms with Gasteiger partial charge < -0.3 is 9.64 Å². The maximum absolute atomic E-state index is 11.9. The number of carbonyl (C=O) groups excluding carboxylic acids is 1. The smallest absolute Gasteiger partial charge is 0.235 e. The lowest BCUT2D eigenvalue weighted by Crippen LogP contribution is -2.34. The topological polar surface area (TPSA) is 63.7 Å². The predicted molar refractivity (Wildman–Crippen MR) is 90.3 cm³/mol. The SMILES string of the molecule is CS[C@H](C)C(=O)N(C)CCCOc1cccc(S(C)(=O)=O)c1. The average molecular weight is 345 g/mol. The highest BCUT2D eigenvalue weighted by molar-refractivity contribution is 7.99. The lowest BCUT2D eigenvalue weighted by molar-refractivity contribution is -0.129. The number of hydrogen-bond acceptors (Lipinski definition) is 5. The molecule has 0 unspecified atom stereocenters. The summed E-state index contributed by atoms with van der Waals surface area (Å²) in [6, 6.07) is 6.43. The van der Waals surface area contributed by atoms with Crippen molar-refractivity contribution in [3.05, 3.63) is 24.3 Å². The first-order valence-electron chi connectivity index (χ1n) is 6.96. The predicted octanol–water partition coefficient (Wildman–Crippen LogP) is 2.07. The van der Waals surface area contributed by atoms with Crippen LogP contribution in [0, 0.1) is 0 Å². The van der Waals surface area contributed by atoms with Crippen LogP contribution < -0.4 is 4.74 Å². The fourth-order valence-electron chi connectivity index (χ4n) is 1.81. The van der Waals surface area contributed by atoms with Crippen molar-refractivity contribution >= 4 is 27.5 Å². The molecule has 0 bridgehead atoms. The molecule has 1 aromatic rings. The van der Waals surface area contributed by atoms with E-state index in [1.807, 2.05) is 13.2 Å². The van der Waals surface area contributed by atoms with Crippen LogP contribution in [0.5, 0.6) is 5.75 Å². The van der Waals surface area contributed by atoms with Gasteiger partial charge >= 0.3 is 0 Å². The molecule has 0 fully saturated rings. The van der Waals surface area contributed by atoms with Gasteiger partial charge in [-0.1, -0.05) is 6.07 Å². The minimum absolute atomic E-state index is 0.0441. The van der Waals surface area contributed by atoms with Gasteiger partial charge in [0.15, 0.2) is 9.84 Å². The van der Waals surface area contributed by atoms with Crippen LogP contribution in [0.4, 0.5) is 0 Å². The van der Waals surface area contributed by atoms with E-state index in [1.54, 1.807) is 30.1 Å². The highest BCUT2D eigenvalue weighted by Crippen LogP contribution is 2.17. The van der Waals surface area contributed by atoms with Gasteiger partial charge in [0.05, 0.1) is 16.8 Å². The number of ether oxygens (including phenoxy) is 1. The molecule has 1 atom stereocenters. The molecule has 22 heavy (non-hydrogen) atoms. The summed E-state index contributed by atoms with van der Waals surface area (Å²) in [6.07, 6.45) is 3.76. The summed E-state index contributed by atoms with van der Waals surface area (Å²) in [6.45, 7) is 2.92. The van der Waals surface area contributed by atoms with Crippen LogP contribution in [0.2, 0.25) is 0 Å². The van der Waals surface area contributed by atoms with Crippen molar-refractivity contribution in [3.63, 3.8) is 0 Å². The Labute approximate surface area is 136 Å². The number of rotatable bonds is 8. The molecule has 7 heteroatoms. The number of nitrogens with zero attached hydrogens (tertiary/aromatic N) is 1. The molecule has 0 saturated heterocycles. The van der Waals surface area contributed by atoms with E-state index in [0.29, 0.717) is 25.3 Å². The first-order valence-corrected chi connectivity index (χ1v) is 10.1. The van der Waals surface area contributed by atoms with Crippen molar-refractivity contribution in [3.8, 4) is 5.75 Å². The van der Waals surface area contributed by atoms with Gasteiger partial charge in [-0.2, -0.15) is 11.8 Å². The van der Waals surface area contributed by atoms with Crippen molar-refractivity contribution in [1.82, 2.24) is 4.90 Å². The zero-order valence-corrected chi connectivity index (χ0v) is 15.0. The molecule has 1 aromatic carbocycles. The average Bonchev–Trinajstić information content (AvgIpc) is 2.49. The van der Waals surface area contributed by atoms with Crippen LogP contribution in [0.3, 0.4) is 0 Å². The van der Waals surface area contributed by atoms with Crippen molar-refractivity contribution in [2.24, 2.45) is 0 Å². The zero-order valence-electron chi connectivity index (χ0n) is 13.4. The van der Waals surface area contributed by atoms with Crippen LogP contribution >= 0.6 is 11.8 Å². The van der Waals surface area contributed by atoms with E-state index >= 15 is 0 Å². The van der Waals surface area contributed by atoms with E-state index in [4.69, 9.17) is 4.74 Å². The lowest BCUT2D eigenvalue weighted by atomic mass is 10.3. The van der Waals surface area contributed by atoms with Crippen molar-refractivity contribution in [1.29, 1.82) is 0 Å². The summed E-state index contributed by atoms with van der Waals surface area (Å²) in [5.74, 6) is 0.626. The van der Waals surface area contributed by atoms with E-state index in [9.17, 15) is 13.2 Å². The quantitative estimate of drug-likeness (QED) is 0.675. The summed E-state index contributed by atoms with van der Waals surface area (Å²) < 4.78 is 28.5. The summed E-state index contributed by atoms with van der Waals surface area (Å²) >= 11 is 1.52. The van der Waals surface area contributed by atoms with E-state index < -0.39 is 9.84 Å². The first kappa shape index (κ1) is 18.8. The summed E-state index contributed by atoms with van der Waals surface area (Å²) in [4.78, 5) is 13.8. The molecule has 124 valence electrons. The monoisotopic (exact) mass is 345 g/mol. The molecule has 1 amide bonds. The molecule has 0 aliphatic carbocycles. The Hall–Kier alpha value is -1.21. The number of benzene rings is 1. The van der Waals surface area contributed by atoms with Crippen LogP contribution in [0.25, 0.3) is 0 Å². The van der Waals surface area contributed by atoms with Crippen LogP contribution in [0.1, 0.15) is 13.3 Å². The number of hydrogen-bond donors (Lipinski definition) is 0. The van der Waals surface area contributed by atoms with Gasteiger partial charge in [-0.3, -0.25) is 4.79 Å². The zero-order chi connectivity index (χ0) is 16.8. The Morgan fingerprint density at radius 1 is 1.41 bits per heavy atom. The number of sulfone groups is 1. The standard InChI is InChI=1S/C15H23NO4S2/c1-12(21-3)15(17)16(2)9-6-10-20-13-7-5-8-14(11-13)22(4,18)19/h5,7-8,11-12H,6,9-10H2,1-4H3/t12-/m1/s1. The Bertz CT molecular complexity index is 601. The Kier molecular flexibility index (Phi) is 7.22. The highest BCUT2D eigenvalue weighted by atomic mass is 32.2. The second kappa shape index (κ2) is 8.43. The van der Waals surface area contributed by atoms with Gasteiger partial charge in [0.2, 0.25) is 5.91 Å². The molecule has 5 nitrogen and oxygen atoms in total. The normalized spacial score (nSPS) is 12.7. The third-order valence-electron chi connectivity index (χ3n) is 3.22. The number of carbonyl (C=O) groups is 1. The van der Waals surface area contributed by atoms with E-state index in [-0.39, 0.29) is 16.1 Å². The van der Waals surface area contributed by atoms with Gasteiger partial charge in [0.1, 0.15) is 5.75 Å². The molecular formula is C15H23NO4S2. The summed E-state index contributed by atoms with van der Waals surface area (Å²) in [5, 5.41) is -0.0441.